The zero-order chi connectivity index (χ0) is 23.4. The van der Waals surface area contributed by atoms with Crippen molar-refractivity contribution in [3.05, 3.63) is 94.4 Å². The van der Waals surface area contributed by atoms with Crippen molar-refractivity contribution in [1.82, 2.24) is 0 Å². The highest BCUT2D eigenvalue weighted by Gasteiger charge is 2.33. The highest BCUT2D eigenvalue weighted by Crippen LogP contribution is 2.37. The lowest BCUT2D eigenvalue weighted by atomic mass is 10.1. The van der Waals surface area contributed by atoms with E-state index in [0.717, 1.165) is 28.1 Å². The van der Waals surface area contributed by atoms with Crippen molar-refractivity contribution in [3.8, 4) is 5.75 Å². The molecule has 33 heavy (non-hydrogen) atoms. The van der Waals surface area contributed by atoms with E-state index in [9.17, 15) is 9.59 Å². The number of para-hydroxylation sites is 1. The maximum absolute atomic E-state index is 13.0. The monoisotopic (exact) mass is 474 g/mol. The molecule has 0 unspecified atom stereocenters. The highest BCUT2D eigenvalue weighted by molar-refractivity contribution is 8.27. The zero-order valence-electron chi connectivity index (χ0n) is 18.2. The number of nitrogens with zero attached hydrogens (tertiary/aromatic N) is 1. The number of anilines is 2. The maximum Gasteiger partial charge on any atom is 0.270 e. The Kier molecular flexibility index (Phi) is 6.91. The molecule has 1 saturated heterocycles. The van der Waals surface area contributed by atoms with E-state index in [0.29, 0.717) is 15.0 Å². The quantitative estimate of drug-likeness (QED) is 0.365. The number of nitrogens with one attached hydrogen (secondary N) is 1. The normalized spacial score (nSPS) is 14.6. The van der Waals surface area contributed by atoms with Crippen LogP contribution >= 0.6 is 24.0 Å². The Morgan fingerprint density at radius 3 is 2.55 bits per heavy atom. The molecule has 2 amide bonds. The Labute approximate surface area is 202 Å². The van der Waals surface area contributed by atoms with Crippen LogP contribution in [0.4, 0.5) is 11.4 Å². The highest BCUT2D eigenvalue weighted by atomic mass is 32.2. The van der Waals surface area contributed by atoms with Gasteiger partial charge in [0, 0.05) is 5.69 Å². The summed E-state index contributed by atoms with van der Waals surface area (Å²) in [7, 11) is 0. The Hall–Kier alpha value is -3.42. The first-order valence-electron chi connectivity index (χ1n) is 10.3. The van der Waals surface area contributed by atoms with Gasteiger partial charge in [-0.25, -0.2) is 0 Å². The molecule has 0 atom stereocenters. The number of thioether (sulfide) groups is 1. The summed E-state index contributed by atoms with van der Waals surface area (Å²) in [5, 5.41) is 2.81. The Bertz CT molecular complexity index is 1250. The second kappa shape index (κ2) is 10.0. The third kappa shape index (κ3) is 5.50. The predicted octanol–water partition coefficient (Wildman–Crippen LogP) is 5.73. The van der Waals surface area contributed by atoms with Gasteiger partial charge in [-0.3, -0.25) is 14.5 Å². The van der Waals surface area contributed by atoms with E-state index >= 15 is 0 Å². The maximum atomic E-state index is 13.0. The molecule has 3 aromatic carbocycles. The molecular weight excluding hydrogens is 452 g/mol. The number of rotatable bonds is 6. The van der Waals surface area contributed by atoms with Gasteiger partial charge in [-0.2, -0.15) is 0 Å². The van der Waals surface area contributed by atoms with Gasteiger partial charge in [-0.15, -0.1) is 0 Å². The number of carbonyl (C=O) groups excluding carboxylic acids is 2. The van der Waals surface area contributed by atoms with Crippen LogP contribution in [0.3, 0.4) is 0 Å². The zero-order valence-corrected chi connectivity index (χ0v) is 19.8. The number of amides is 2. The van der Waals surface area contributed by atoms with E-state index in [2.05, 4.69) is 5.32 Å². The first-order valence-corrected chi connectivity index (χ1v) is 11.6. The summed E-state index contributed by atoms with van der Waals surface area (Å²) >= 11 is 6.74. The summed E-state index contributed by atoms with van der Waals surface area (Å²) in [5.41, 5.74) is 4.44. The Balaban J connectivity index is 1.38. The molecule has 1 N–H and O–H groups in total. The van der Waals surface area contributed by atoms with Crippen LogP contribution in [0.15, 0.2) is 77.7 Å². The molecule has 1 heterocycles. The van der Waals surface area contributed by atoms with Crippen LogP contribution in [0.2, 0.25) is 0 Å². The van der Waals surface area contributed by atoms with Crippen molar-refractivity contribution in [2.45, 2.75) is 13.8 Å². The van der Waals surface area contributed by atoms with Gasteiger partial charge in [0.05, 0.1) is 10.6 Å². The van der Waals surface area contributed by atoms with E-state index in [1.165, 1.54) is 11.8 Å². The average molecular weight is 475 g/mol. The summed E-state index contributed by atoms with van der Waals surface area (Å²) in [4.78, 5) is 27.2. The SMILES string of the molecule is Cc1cccc(NC(=O)COc2ccc(/C=C3/SC(=S)N(c4ccccc4C)C3=O)cc2)c1. The summed E-state index contributed by atoms with van der Waals surface area (Å²) in [5.74, 6) is 0.205. The number of hydrogen-bond donors (Lipinski definition) is 1. The lowest BCUT2D eigenvalue weighted by Gasteiger charge is -2.16. The first kappa shape index (κ1) is 22.8. The summed E-state index contributed by atoms with van der Waals surface area (Å²) < 4.78 is 6.10. The number of ether oxygens (including phenoxy) is 1. The second-order valence-electron chi connectivity index (χ2n) is 7.58. The molecule has 7 heteroatoms. The molecule has 0 radical (unpaired) electrons. The standard InChI is InChI=1S/C26H22N2O3S2/c1-17-6-5-8-20(14-17)27-24(29)16-31-21-12-10-19(11-13-21)15-23-25(30)28(26(32)33-23)22-9-4-3-7-18(22)2/h3-15H,16H2,1-2H3,(H,27,29)/b23-15+. The Morgan fingerprint density at radius 1 is 1.06 bits per heavy atom. The molecule has 0 aliphatic carbocycles. The third-order valence-corrected chi connectivity index (χ3v) is 6.30. The minimum Gasteiger partial charge on any atom is -0.484 e. The van der Waals surface area contributed by atoms with E-state index < -0.39 is 0 Å². The number of benzene rings is 3. The number of thiocarbonyl (C=S) groups is 1. The molecule has 5 nitrogen and oxygen atoms in total. The van der Waals surface area contributed by atoms with Crippen LogP contribution < -0.4 is 15.0 Å². The van der Waals surface area contributed by atoms with Gasteiger partial charge >= 0.3 is 0 Å². The van der Waals surface area contributed by atoms with Crippen LogP contribution in [0.25, 0.3) is 6.08 Å². The van der Waals surface area contributed by atoms with Gasteiger partial charge in [0.25, 0.3) is 11.8 Å². The van der Waals surface area contributed by atoms with Crippen molar-refractivity contribution >= 4 is 57.6 Å². The van der Waals surface area contributed by atoms with Crippen LogP contribution in [0, 0.1) is 13.8 Å². The largest absolute Gasteiger partial charge is 0.484 e. The van der Waals surface area contributed by atoms with Crippen LogP contribution in [-0.4, -0.2) is 22.7 Å². The van der Waals surface area contributed by atoms with Crippen LogP contribution in [0.1, 0.15) is 16.7 Å². The van der Waals surface area contributed by atoms with Gasteiger partial charge in [-0.1, -0.05) is 66.4 Å². The molecule has 3 aromatic rings. The fourth-order valence-electron chi connectivity index (χ4n) is 3.37. The van der Waals surface area contributed by atoms with Gasteiger partial charge in [-0.05, 0) is 66.9 Å². The summed E-state index contributed by atoms with van der Waals surface area (Å²) in [6.45, 7) is 3.83. The van der Waals surface area contributed by atoms with Crippen molar-refractivity contribution < 1.29 is 14.3 Å². The van der Waals surface area contributed by atoms with E-state index in [4.69, 9.17) is 17.0 Å². The van der Waals surface area contributed by atoms with Crippen molar-refractivity contribution in [1.29, 1.82) is 0 Å². The minimum absolute atomic E-state index is 0.0949. The minimum atomic E-state index is -0.232. The molecule has 0 aromatic heterocycles. The molecule has 0 spiro atoms. The predicted molar refractivity (Wildman–Crippen MR) is 139 cm³/mol. The third-order valence-electron chi connectivity index (χ3n) is 5.00. The molecule has 1 aliphatic heterocycles. The van der Waals surface area contributed by atoms with E-state index in [1.54, 1.807) is 17.0 Å². The van der Waals surface area contributed by atoms with Crippen LogP contribution in [-0.2, 0) is 9.59 Å². The fourth-order valence-corrected chi connectivity index (χ4v) is 4.66. The van der Waals surface area contributed by atoms with Gasteiger partial charge in [0.15, 0.2) is 10.9 Å². The van der Waals surface area contributed by atoms with Crippen LogP contribution in [0.5, 0.6) is 5.75 Å². The average Bonchev–Trinajstić information content (AvgIpc) is 3.06. The number of hydrogen-bond acceptors (Lipinski definition) is 5. The summed E-state index contributed by atoms with van der Waals surface area (Å²) in [6, 6.07) is 22.5. The first-order chi connectivity index (χ1) is 15.9. The fraction of sp³-hybridized carbons (Fsp3) is 0.115. The van der Waals surface area contributed by atoms with E-state index in [-0.39, 0.29) is 18.4 Å². The molecule has 0 saturated carbocycles. The topological polar surface area (TPSA) is 58.6 Å². The molecule has 1 aliphatic rings. The molecule has 4 rings (SSSR count). The molecule has 0 bridgehead atoms. The van der Waals surface area contributed by atoms with Gasteiger partial charge in [0.1, 0.15) is 5.75 Å². The second-order valence-corrected chi connectivity index (χ2v) is 9.25. The van der Waals surface area contributed by atoms with Crippen molar-refractivity contribution in [2.75, 3.05) is 16.8 Å². The lowest BCUT2D eigenvalue weighted by molar-refractivity contribution is -0.118. The van der Waals surface area contributed by atoms with Gasteiger partial charge in [0.2, 0.25) is 0 Å². The molecule has 1 fully saturated rings. The Morgan fingerprint density at radius 2 is 1.82 bits per heavy atom. The van der Waals surface area contributed by atoms with Crippen molar-refractivity contribution in [2.24, 2.45) is 0 Å². The smallest absolute Gasteiger partial charge is 0.270 e. The number of aryl methyl sites for hydroxylation is 2. The van der Waals surface area contributed by atoms with Crippen molar-refractivity contribution in [3.63, 3.8) is 0 Å². The lowest BCUT2D eigenvalue weighted by Crippen LogP contribution is -2.28. The number of carbonyl (C=O) groups is 2. The van der Waals surface area contributed by atoms with Gasteiger partial charge < -0.3 is 10.1 Å². The molecule has 166 valence electrons. The van der Waals surface area contributed by atoms with E-state index in [1.807, 2.05) is 80.6 Å². The molecular formula is C26H22N2O3S2. The summed E-state index contributed by atoms with van der Waals surface area (Å²) in [6.07, 6.45) is 1.81.